The predicted octanol–water partition coefficient (Wildman–Crippen LogP) is 3.24. The normalized spacial score (nSPS) is 16.2. The number of sulfonamides is 1. The molecule has 0 spiro atoms. The Hall–Kier alpha value is -2.87. The molecule has 31 heavy (non-hydrogen) atoms. The molecule has 1 aliphatic rings. The first kappa shape index (κ1) is 22.8. The fraction of sp³-hybridized carbons (Fsp3) is 0.391. The van der Waals surface area contributed by atoms with Gasteiger partial charge in [-0.05, 0) is 74.6 Å². The van der Waals surface area contributed by atoms with Gasteiger partial charge in [-0.15, -0.1) is 0 Å². The lowest BCUT2D eigenvalue weighted by molar-refractivity contribution is -0.124. The number of nitrogens with zero attached hydrogens (tertiary/aromatic N) is 1. The van der Waals surface area contributed by atoms with Gasteiger partial charge in [0.05, 0.1) is 4.90 Å². The lowest BCUT2D eigenvalue weighted by Crippen LogP contribution is -2.46. The SMILES string of the molecule is CCCNC(=O)C1CCCN1C(=O)c1cccc(NS(=O)(=O)c2ccc(C)c(C)c2)c1. The third kappa shape index (κ3) is 5.25. The highest BCUT2D eigenvalue weighted by atomic mass is 32.2. The van der Waals surface area contributed by atoms with Crippen LogP contribution in [0.1, 0.15) is 47.7 Å². The Kier molecular flexibility index (Phi) is 7.00. The number of aryl methyl sites for hydroxylation is 2. The second kappa shape index (κ2) is 9.51. The van der Waals surface area contributed by atoms with E-state index in [1.54, 1.807) is 41.3 Å². The third-order valence-electron chi connectivity index (χ3n) is 5.52. The monoisotopic (exact) mass is 443 g/mol. The van der Waals surface area contributed by atoms with Crippen LogP contribution in [0.25, 0.3) is 0 Å². The van der Waals surface area contributed by atoms with Crippen molar-refractivity contribution in [2.24, 2.45) is 0 Å². The smallest absolute Gasteiger partial charge is 0.261 e. The summed E-state index contributed by atoms with van der Waals surface area (Å²) in [7, 11) is -3.79. The molecule has 166 valence electrons. The molecular weight excluding hydrogens is 414 g/mol. The highest BCUT2D eigenvalue weighted by molar-refractivity contribution is 7.92. The Morgan fingerprint density at radius 3 is 2.58 bits per heavy atom. The van der Waals surface area contributed by atoms with E-state index in [2.05, 4.69) is 10.0 Å². The molecular formula is C23H29N3O4S. The molecule has 1 atom stereocenters. The number of hydrogen-bond donors (Lipinski definition) is 2. The summed E-state index contributed by atoms with van der Waals surface area (Å²) >= 11 is 0. The van der Waals surface area contributed by atoms with Gasteiger partial charge >= 0.3 is 0 Å². The largest absolute Gasteiger partial charge is 0.354 e. The summed E-state index contributed by atoms with van der Waals surface area (Å²) < 4.78 is 28.1. The number of amides is 2. The maximum absolute atomic E-state index is 13.1. The van der Waals surface area contributed by atoms with Crippen molar-refractivity contribution >= 4 is 27.5 Å². The zero-order valence-electron chi connectivity index (χ0n) is 18.1. The Bertz CT molecular complexity index is 1080. The highest BCUT2D eigenvalue weighted by Crippen LogP contribution is 2.23. The van der Waals surface area contributed by atoms with Crippen molar-refractivity contribution in [2.75, 3.05) is 17.8 Å². The van der Waals surface area contributed by atoms with Crippen LogP contribution >= 0.6 is 0 Å². The van der Waals surface area contributed by atoms with Gasteiger partial charge < -0.3 is 10.2 Å². The molecule has 0 aliphatic carbocycles. The first-order chi connectivity index (χ1) is 14.7. The molecule has 2 amide bonds. The number of benzene rings is 2. The summed E-state index contributed by atoms with van der Waals surface area (Å²) in [5.41, 5.74) is 2.54. The van der Waals surface area contributed by atoms with Gasteiger partial charge in [0.25, 0.3) is 15.9 Å². The molecule has 0 saturated carbocycles. The van der Waals surface area contributed by atoms with E-state index in [0.29, 0.717) is 30.8 Å². The molecule has 0 bridgehead atoms. The summed E-state index contributed by atoms with van der Waals surface area (Å²) in [6.45, 7) is 6.83. The van der Waals surface area contributed by atoms with Crippen LogP contribution in [0.3, 0.4) is 0 Å². The lowest BCUT2D eigenvalue weighted by Gasteiger charge is -2.24. The number of nitrogens with one attached hydrogen (secondary N) is 2. The van der Waals surface area contributed by atoms with Crippen LogP contribution in [-0.4, -0.2) is 44.3 Å². The van der Waals surface area contributed by atoms with Gasteiger partial charge in [0.1, 0.15) is 6.04 Å². The minimum Gasteiger partial charge on any atom is -0.354 e. The maximum Gasteiger partial charge on any atom is 0.261 e. The Labute approximate surface area is 183 Å². The molecule has 2 N–H and O–H groups in total. The number of anilines is 1. The summed E-state index contributed by atoms with van der Waals surface area (Å²) in [5.74, 6) is -0.416. The average molecular weight is 444 g/mol. The minimum absolute atomic E-state index is 0.140. The van der Waals surface area contributed by atoms with Crippen molar-refractivity contribution in [3.63, 3.8) is 0 Å². The van der Waals surface area contributed by atoms with Crippen molar-refractivity contribution in [1.29, 1.82) is 0 Å². The van der Waals surface area contributed by atoms with Crippen LogP contribution in [0.15, 0.2) is 47.4 Å². The number of likely N-dealkylation sites (tertiary alicyclic amines) is 1. The Morgan fingerprint density at radius 1 is 1.10 bits per heavy atom. The Morgan fingerprint density at radius 2 is 1.87 bits per heavy atom. The third-order valence-corrected chi connectivity index (χ3v) is 6.89. The number of hydrogen-bond acceptors (Lipinski definition) is 4. The van der Waals surface area contributed by atoms with E-state index < -0.39 is 16.1 Å². The number of carbonyl (C=O) groups excluding carboxylic acids is 2. The molecule has 3 rings (SSSR count). The lowest BCUT2D eigenvalue weighted by atomic mass is 10.1. The number of carbonyl (C=O) groups is 2. The molecule has 1 aliphatic heterocycles. The van der Waals surface area contributed by atoms with Gasteiger partial charge in [0.15, 0.2) is 0 Å². The van der Waals surface area contributed by atoms with Crippen LogP contribution in [-0.2, 0) is 14.8 Å². The van der Waals surface area contributed by atoms with Crippen LogP contribution in [0.2, 0.25) is 0 Å². The molecule has 2 aromatic rings. The van der Waals surface area contributed by atoms with Crippen LogP contribution in [0, 0.1) is 13.8 Å². The summed E-state index contributed by atoms with van der Waals surface area (Å²) in [5, 5.41) is 2.86. The first-order valence-corrected chi connectivity index (χ1v) is 12.0. The molecule has 2 aromatic carbocycles. The van der Waals surface area contributed by atoms with E-state index in [-0.39, 0.29) is 16.7 Å². The zero-order chi connectivity index (χ0) is 22.6. The molecule has 7 nitrogen and oxygen atoms in total. The topological polar surface area (TPSA) is 95.6 Å². The van der Waals surface area contributed by atoms with Crippen LogP contribution in [0.4, 0.5) is 5.69 Å². The minimum atomic E-state index is -3.79. The summed E-state index contributed by atoms with van der Waals surface area (Å²) in [4.78, 5) is 27.2. The van der Waals surface area contributed by atoms with Gasteiger partial charge in [0, 0.05) is 24.3 Å². The van der Waals surface area contributed by atoms with Gasteiger partial charge in [-0.1, -0.05) is 19.1 Å². The molecule has 0 aromatic heterocycles. The quantitative estimate of drug-likeness (QED) is 0.687. The van der Waals surface area contributed by atoms with Gasteiger partial charge in [-0.2, -0.15) is 0 Å². The van der Waals surface area contributed by atoms with E-state index in [1.165, 1.54) is 6.07 Å². The molecule has 1 heterocycles. The molecule has 8 heteroatoms. The summed E-state index contributed by atoms with van der Waals surface area (Å²) in [6, 6.07) is 10.8. The van der Waals surface area contributed by atoms with E-state index in [1.807, 2.05) is 20.8 Å². The summed E-state index contributed by atoms with van der Waals surface area (Å²) in [6.07, 6.45) is 2.21. The van der Waals surface area contributed by atoms with Crippen molar-refractivity contribution in [1.82, 2.24) is 10.2 Å². The fourth-order valence-corrected chi connectivity index (χ4v) is 4.76. The van der Waals surface area contributed by atoms with Gasteiger partial charge in [-0.25, -0.2) is 8.42 Å². The van der Waals surface area contributed by atoms with E-state index >= 15 is 0 Å². The first-order valence-electron chi connectivity index (χ1n) is 10.5. The Balaban J connectivity index is 1.78. The standard InChI is InChI=1S/C23H29N3O4S/c1-4-12-24-22(27)21-9-6-13-26(21)23(28)18-7-5-8-19(15-18)25-31(29,30)20-11-10-16(2)17(3)14-20/h5,7-8,10-11,14-15,21,25H,4,6,9,12-13H2,1-3H3,(H,24,27). The van der Waals surface area contributed by atoms with Crippen molar-refractivity contribution in [3.8, 4) is 0 Å². The van der Waals surface area contributed by atoms with Crippen molar-refractivity contribution in [3.05, 3.63) is 59.2 Å². The predicted molar refractivity (Wildman–Crippen MR) is 121 cm³/mol. The second-order valence-electron chi connectivity index (χ2n) is 7.88. The zero-order valence-corrected chi connectivity index (χ0v) is 19.0. The molecule has 1 saturated heterocycles. The van der Waals surface area contributed by atoms with Gasteiger partial charge in [-0.3, -0.25) is 14.3 Å². The molecule has 1 fully saturated rings. The fourth-order valence-electron chi connectivity index (χ4n) is 3.63. The molecule has 1 unspecified atom stereocenters. The highest BCUT2D eigenvalue weighted by Gasteiger charge is 2.34. The van der Waals surface area contributed by atoms with Crippen LogP contribution < -0.4 is 10.0 Å². The van der Waals surface area contributed by atoms with Crippen LogP contribution in [0.5, 0.6) is 0 Å². The number of rotatable bonds is 7. The second-order valence-corrected chi connectivity index (χ2v) is 9.56. The molecule has 0 radical (unpaired) electrons. The van der Waals surface area contributed by atoms with Gasteiger partial charge in [0.2, 0.25) is 5.91 Å². The van der Waals surface area contributed by atoms with E-state index in [9.17, 15) is 18.0 Å². The van der Waals surface area contributed by atoms with E-state index in [0.717, 1.165) is 24.0 Å². The van der Waals surface area contributed by atoms with Crippen molar-refractivity contribution < 1.29 is 18.0 Å². The van der Waals surface area contributed by atoms with Crippen molar-refractivity contribution in [2.45, 2.75) is 51.0 Å². The average Bonchev–Trinajstić information content (AvgIpc) is 3.23. The maximum atomic E-state index is 13.1. The van der Waals surface area contributed by atoms with E-state index in [4.69, 9.17) is 0 Å².